The molecule has 21 N–H and O–H groups in total. The molecule has 0 aromatic rings. The van der Waals surface area contributed by atoms with Crippen LogP contribution in [0.25, 0.3) is 0 Å². The van der Waals surface area contributed by atoms with Crippen LogP contribution in [0.3, 0.4) is 0 Å². The number of carbonyl (C=O) groups excluding carboxylic acids is 10. The summed E-state index contributed by atoms with van der Waals surface area (Å²) in [6.07, 6.45) is 13.1. The van der Waals surface area contributed by atoms with Gasteiger partial charge in [0.05, 0.1) is 66.0 Å². The largest absolute Gasteiger partial charge is 0.462 e. The lowest BCUT2D eigenvalue weighted by Gasteiger charge is -2.58. The fraction of sp³-hybridized carbons (Fsp3) is 0.861. The van der Waals surface area contributed by atoms with Crippen molar-refractivity contribution in [1.82, 2.24) is 47.9 Å². The number of esters is 1. The van der Waals surface area contributed by atoms with E-state index in [9.17, 15) is 109 Å². The number of hydrogen-bond donors (Lipinski definition) is 21. The molecule has 0 aromatic carbocycles. The third kappa shape index (κ3) is 42.2. The van der Waals surface area contributed by atoms with Crippen molar-refractivity contribution in [3.8, 4) is 0 Å². The molecule has 9 amide bonds. The predicted octanol–water partition coefficient (Wildman–Crippen LogP) is 2.07. The Bertz CT molecular complexity index is 3530. The summed E-state index contributed by atoms with van der Waals surface area (Å²) >= 11 is 0. The third-order valence-corrected chi connectivity index (χ3v) is 29.2. The zero-order chi connectivity index (χ0) is 103. The van der Waals surface area contributed by atoms with Crippen LogP contribution in [-0.4, -0.2) is 356 Å². The molecule has 41 nitrogen and oxygen atoms in total. The smallest absolute Gasteiger partial charge is 0.306 e. The maximum absolute atomic E-state index is 14.3. The Labute approximate surface area is 837 Å². The molecule has 142 heavy (non-hydrogen) atoms. The molecular formula is C101H175N9O32. The number of unbranched alkanes of at least 4 members (excludes halogenated alkanes) is 14. The van der Waals surface area contributed by atoms with Crippen LogP contribution in [0.15, 0.2) is 23.8 Å². The molecule has 3 heterocycles. The summed E-state index contributed by atoms with van der Waals surface area (Å²) in [5, 5.41) is 145. The van der Waals surface area contributed by atoms with Gasteiger partial charge in [0.15, 0.2) is 18.9 Å². The normalized spacial score (nSPS) is 28.2. The molecule has 4 unspecified atom stereocenters. The molecule has 0 bridgehead atoms. The molecule has 7 aliphatic rings. The topological polar surface area (TPSA) is 614 Å². The number of nitrogens with one attached hydrogen (secondary N) is 9. The first-order valence-corrected chi connectivity index (χ1v) is 52.8. The van der Waals surface area contributed by atoms with E-state index in [1.54, 1.807) is 0 Å². The molecular weight excluding hydrogens is 1850 g/mol. The molecule has 41 heteroatoms. The number of amides is 9. The lowest BCUT2D eigenvalue weighted by atomic mass is 9.47. The van der Waals surface area contributed by atoms with Crippen molar-refractivity contribution < 1.29 is 157 Å². The first kappa shape index (κ1) is 122. The second-order valence-electron chi connectivity index (χ2n) is 40.1. The molecule has 816 valence electrons. The van der Waals surface area contributed by atoms with Crippen LogP contribution in [0.2, 0.25) is 0 Å². The standard InChI is InChI=1S/C101H175N9O32/c1-5-6-7-8-9-10-11-12-13-14-15-16-17-18-19-34-85(122)139-69-39-44-99(3)68(59-69)35-36-70-72-38-37-71(100(72,4)45-40-73(70)99)67(2)95(132)108-46-26-33-80(117)109-60-84(121)110-101(64-133-56-41-81(118)105-50-27-47-102-77(114)30-20-23-53-136-96-92(129)89(126)86(123)74(61-111)140-96,65-134-57-42-82(119)106-51-28-48-103-78(115)31-21-24-54-137-97-93(130)90(127)87(124)75(62-112)141-97)66-135-58-43-83(120)107-52-29-49-104-79(116)32-22-25-55-138-98-94(131)91(128)88(125)76(63-113)142-98/h12-13,35,67,69-76,86-94,96-98,111-113,123-131H,5-11,14-34,36-66H2,1-4H3,(H,102,114)(H,103,115)(H,104,116)(H,105,118)(H,106,119)(H,107,120)(H,108,132)(H,109,117)(H,110,121)/b13-12-/t67?,69-,70?,71+,72?,73?,74+,75+,76+,86-,87-,88-,89-,90-,91-,92+,93+,94+,96+,97+,98+,99-,100+/m0/s1. The highest BCUT2D eigenvalue weighted by Crippen LogP contribution is 2.67. The summed E-state index contributed by atoms with van der Waals surface area (Å²) in [6.45, 7) is 6.57. The van der Waals surface area contributed by atoms with Gasteiger partial charge in [-0.2, -0.15) is 0 Å². The van der Waals surface area contributed by atoms with Gasteiger partial charge in [0.1, 0.15) is 84.9 Å². The van der Waals surface area contributed by atoms with Crippen LogP contribution in [0.1, 0.15) is 278 Å². The molecule has 0 spiro atoms. The number of aliphatic hydroxyl groups excluding tert-OH is 12. The van der Waals surface area contributed by atoms with Crippen molar-refractivity contribution in [3.63, 3.8) is 0 Å². The molecule has 7 rings (SSSR count). The van der Waals surface area contributed by atoms with Gasteiger partial charge in [-0.25, -0.2) is 0 Å². The quantitative estimate of drug-likeness (QED) is 0.0235. The summed E-state index contributed by atoms with van der Waals surface area (Å²) in [4.78, 5) is 133. The highest BCUT2D eigenvalue weighted by atomic mass is 16.7. The second-order valence-corrected chi connectivity index (χ2v) is 40.1. The van der Waals surface area contributed by atoms with E-state index in [1.807, 2.05) is 6.92 Å². The number of allylic oxidation sites excluding steroid dienone is 3. The SMILES string of the molecule is CCCCCCCC/C=C\CCCCCCCC(=O)O[C@H]1CC[C@@]2(C)C(=CCC3C2CC[C@@]2(C)C3CC[C@@H]2C(C)C(=O)NCCCC(=O)NCC(=O)NC(COCCC(=O)NCCCNC(=O)CCCCO[C@@H]2O[C@H](CO)[C@H](O)[C@H](O)[C@H]2O)(COCCC(=O)NCCCNC(=O)CCCCO[C@@H]2O[C@H](CO)[C@H](O)[C@H](O)[C@H]2O)COCCC(=O)NCCCNC(=O)CCCCO[C@@H]2O[C@H](CO)[C@H](O)[C@H](O)[C@H]2O)C1. The number of hydrogen-bond acceptors (Lipinski definition) is 32. The zero-order valence-corrected chi connectivity index (χ0v) is 84.6. The highest BCUT2D eigenvalue weighted by Gasteiger charge is 2.60. The molecule has 6 fully saturated rings. The fourth-order valence-electron chi connectivity index (χ4n) is 20.7. The molecule has 23 atom stereocenters. The van der Waals surface area contributed by atoms with Crippen LogP contribution in [-0.2, 0) is 95.3 Å². The second kappa shape index (κ2) is 67.3. The summed E-state index contributed by atoms with van der Waals surface area (Å²) in [7, 11) is 0. The van der Waals surface area contributed by atoms with E-state index in [4.69, 9.17) is 47.4 Å². The van der Waals surface area contributed by atoms with E-state index in [2.05, 4.69) is 86.9 Å². The average Bonchev–Trinajstić information content (AvgIpc) is 1.47. The van der Waals surface area contributed by atoms with Crippen LogP contribution in [0.4, 0.5) is 0 Å². The molecule has 0 radical (unpaired) electrons. The maximum Gasteiger partial charge on any atom is 0.306 e. The first-order chi connectivity index (χ1) is 68.3. The van der Waals surface area contributed by atoms with Crippen molar-refractivity contribution in [2.24, 2.45) is 40.4 Å². The van der Waals surface area contributed by atoms with E-state index < -0.39 is 154 Å². The van der Waals surface area contributed by atoms with E-state index >= 15 is 0 Å². The van der Waals surface area contributed by atoms with Crippen LogP contribution in [0.5, 0.6) is 0 Å². The van der Waals surface area contributed by atoms with Gasteiger partial charge in [0, 0.05) is 129 Å². The Kier molecular flexibility index (Phi) is 58.0. The van der Waals surface area contributed by atoms with Crippen LogP contribution in [0, 0.1) is 40.4 Å². The summed E-state index contributed by atoms with van der Waals surface area (Å²) in [5.74, 6) is -2.03. The Morgan fingerprint density at radius 3 is 1.23 bits per heavy atom. The molecule has 4 aliphatic carbocycles. The van der Waals surface area contributed by atoms with Gasteiger partial charge in [0.2, 0.25) is 53.2 Å². The minimum atomic E-state index is -1.61. The van der Waals surface area contributed by atoms with Crippen molar-refractivity contribution in [1.29, 1.82) is 0 Å². The number of ether oxygens (including phenoxy) is 10. The fourth-order valence-corrected chi connectivity index (χ4v) is 20.7. The van der Waals surface area contributed by atoms with Gasteiger partial charge in [-0.05, 0) is 176 Å². The number of fused-ring (bicyclic) bond motifs is 5. The lowest BCUT2D eigenvalue weighted by molar-refractivity contribution is -0.301. The molecule has 3 saturated carbocycles. The Balaban J connectivity index is 0.880. The first-order valence-electron chi connectivity index (χ1n) is 52.8. The monoisotopic (exact) mass is 2030 g/mol. The van der Waals surface area contributed by atoms with Gasteiger partial charge < -0.3 is 156 Å². The Morgan fingerprint density at radius 2 is 0.796 bits per heavy atom. The van der Waals surface area contributed by atoms with Gasteiger partial charge in [0.25, 0.3) is 0 Å². The Morgan fingerprint density at radius 1 is 0.408 bits per heavy atom. The van der Waals surface area contributed by atoms with Crippen molar-refractivity contribution in [2.45, 2.75) is 382 Å². The summed E-state index contributed by atoms with van der Waals surface area (Å²) in [6, 6.07) is 0. The van der Waals surface area contributed by atoms with Crippen LogP contribution >= 0.6 is 0 Å². The minimum Gasteiger partial charge on any atom is -0.462 e. The van der Waals surface area contributed by atoms with Gasteiger partial charge >= 0.3 is 5.97 Å². The van der Waals surface area contributed by atoms with Gasteiger partial charge in [-0.1, -0.05) is 103 Å². The molecule has 3 aliphatic heterocycles. The van der Waals surface area contributed by atoms with Gasteiger partial charge in [-0.3, -0.25) is 47.9 Å². The molecule has 0 aromatic heterocycles. The average molecular weight is 2030 g/mol. The van der Waals surface area contributed by atoms with Crippen molar-refractivity contribution in [3.05, 3.63) is 23.8 Å². The van der Waals surface area contributed by atoms with E-state index in [0.29, 0.717) is 82.0 Å². The maximum atomic E-state index is 14.3. The van der Waals surface area contributed by atoms with Crippen molar-refractivity contribution >= 4 is 59.1 Å². The molecule has 3 saturated heterocycles. The Hall–Kier alpha value is -6.66. The van der Waals surface area contributed by atoms with E-state index in [1.165, 1.54) is 63.4 Å². The summed E-state index contributed by atoms with van der Waals surface area (Å²) in [5.41, 5.74) is -0.156. The predicted molar refractivity (Wildman–Crippen MR) is 519 cm³/mol. The summed E-state index contributed by atoms with van der Waals surface area (Å²) < 4.78 is 57.1. The third-order valence-electron chi connectivity index (χ3n) is 29.2. The van der Waals surface area contributed by atoms with Crippen molar-refractivity contribution in [2.75, 3.05) is 132 Å². The van der Waals surface area contributed by atoms with Crippen LogP contribution < -0.4 is 47.9 Å². The number of carbonyl (C=O) groups is 10. The minimum absolute atomic E-state index is 0.0312. The lowest BCUT2D eigenvalue weighted by Crippen LogP contribution is -2.60. The van der Waals surface area contributed by atoms with E-state index in [-0.39, 0.29) is 215 Å². The van der Waals surface area contributed by atoms with E-state index in [0.717, 1.165) is 77.0 Å². The number of rotatable bonds is 73. The number of aliphatic hydroxyl groups is 12. The van der Waals surface area contributed by atoms with Gasteiger partial charge in [-0.15, -0.1) is 0 Å². The highest BCUT2D eigenvalue weighted by molar-refractivity contribution is 5.85. The zero-order valence-electron chi connectivity index (χ0n) is 84.6.